The summed E-state index contributed by atoms with van der Waals surface area (Å²) in [5.74, 6) is 1.07. The van der Waals surface area contributed by atoms with Crippen LogP contribution in [0, 0.1) is 5.82 Å². The molecule has 2 heterocycles. The number of anilines is 1. The van der Waals surface area contributed by atoms with E-state index in [2.05, 4.69) is 9.55 Å². The van der Waals surface area contributed by atoms with E-state index in [1.165, 1.54) is 6.07 Å². The van der Waals surface area contributed by atoms with Gasteiger partial charge in [0, 0.05) is 31.4 Å². The molecule has 0 saturated carbocycles. The third-order valence-corrected chi connectivity index (χ3v) is 3.56. The SMILES string of the molecule is Fc1cccc(CCl)c1N1CCn2ccnc2C1. The van der Waals surface area contributed by atoms with Crippen molar-refractivity contribution in [3.63, 3.8) is 0 Å². The second-order valence-corrected chi connectivity index (χ2v) is 4.61. The summed E-state index contributed by atoms with van der Waals surface area (Å²) in [6.45, 7) is 2.22. The van der Waals surface area contributed by atoms with Crippen LogP contribution in [0.5, 0.6) is 0 Å². The van der Waals surface area contributed by atoms with Crippen molar-refractivity contribution < 1.29 is 4.39 Å². The van der Waals surface area contributed by atoms with Gasteiger partial charge in [-0.25, -0.2) is 9.37 Å². The molecule has 0 N–H and O–H groups in total. The number of imidazole rings is 1. The van der Waals surface area contributed by atoms with Crippen LogP contribution in [0.15, 0.2) is 30.6 Å². The fraction of sp³-hybridized carbons (Fsp3) is 0.308. The Hall–Kier alpha value is -1.55. The Morgan fingerprint density at radius 1 is 1.33 bits per heavy atom. The van der Waals surface area contributed by atoms with Gasteiger partial charge in [0.2, 0.25) is 0 Å². The molecule has 0 fully saturated rings. The number of alkyl halides is 1. The van der Waals surface area contributed by atoms with Gasteiger partial charge in [0.25, 0.3) is 0 Å². The molecule has 0 radical (unpaired) electrons. The summed E-state index contributed by atoms with van der Waals surface area (Å²) >= 11 is 5.89. The summed E-state index contributed by atoms with van der Waals surface area (Å²) in [7, 11) is 0. The third-order valence-electron chi connectivity index (χ3n) is 3.28. The lowest BCUT2D eigenvalue weighted by Gasteiger charge is -2.31. The Bertz CT molecular complexity index is 567. The number of benzene rings is 1. The van der Waals surface area contributed by atoms with E-state index in [1.54, 1.807) is 12.3 Å². The molecule has 94 valence electrons. The second kappa shape index (κ2) is 4.61. The maximum absolute atomic E-state index is 14.0. The summed E-state index contributed by atoms with van der Waals surface area (Å²) in [5, 5.41) is 0. The molecular formula is C13H13ClFN3. The number of hydrogen-bond donors (Lipinski definition) is 0. The predicted octanol–water partition coefficient (Wildman–Crippen LogP) is 2.78. The van der Waals surface area contributed by atoms with Crippen molar-refractivity contribution in [1.29, 1.82) is 0 Å². The number of halogens is 2. The highest BCUT2D eigenvalue weighted by atomic mass is 35.5. The molecule has 3 rings (SSSR count). The van der Waals surface area contributed by atoms with Crippen molar-refractivity contribution in [3.8, 4) is 0 Å². The fourth-order valence-electron chi connectivity index (χ4n) is 2.39. The van der Waals surface area contributed by atoms with Crippen LogP contribution in [-0.2, 0) is 19.0 Å². The second-order valence-electron chi connectivity index (χ2n) is 4.34. The molecule has 1 aliphatic rings. The molecule has 0 saturated heterocycles. The lowest BCUT2D eigenvalue weighted by atomic mass is 10.1. The largest absolute Gasteiger partial charge is 0.360 e. The molecule has 18 heavy (non-hydrogen) atoms. The maximum Gasteiger partial charge on any atom is 0.146 e. The topological polar surface area (TPSA) is 21.1 Å². The Labute approximate surface area is 110 Å². The van der Waals surface area contributed by atoms with Crippen molar-refractivity contribution in [2.45, 2.75) is 19.0 Å². The first-order valence-corrected chi connectivity index (χ1v) is 6.41. The van der Waals surface area contributed by atoms with E-state index < -0.39 is 0 Å². The highest BCUT2D eigenvalue weighted by Crippen LogP contribution is 2.28. The third kappa shape index (κ3) is 1.86. The van der Waals surface area contributed by atoms with Crippen LogP contribution < -0.4 is 4.90 Å². The molecule has 1 aromatic carbocycles. The number of hydrogen-bond acceptors (Lipinski definition) is 2. The zero-order valence-electron chi connectivity index (χ0n) is 9.81. The highest BCUT2D eigenvalue weighted by Gasteiger charge is 2.21. The first kappa shape index (κ1) is 11.5. The summed E-state index contributed by atoms with van der Waals surface area (Å²) in [6.07, 6.45) is 3.74. The van der Waals surface area contributed by atoms with Crippen LogP contribution in [0.1, 0.15) is 11.4 Å². The number of aromatic nitrogens is 2. The molecule has 0 amide bonds. The number of rotatable bonds is 2. The van der Waals surface area contributed by atoms with Gasteiger partial charge in [0.05, 0.1) is 12.2 Å². The Kier molecular flexibility index (Phi) is 2.96. The van der Waals surface area contributed by atoms with Gasteiger partial charge in [0.1, 0.15) is 11.6 Å². The standard InChI is InChI=1S/C13H13ClFN3/c14-8-10-2-1-3-11(15)13(10)18-7-6-17-5-4-16-12(17)9-18/h1-5H,6-9H2. The first-order valence-electron chi connectivity index (χ1n) is 5.88. The van der Waals surface area contributed by atoms with Crippen molar-refractivity contribution in [1.82, 2.24) is 9.55 Å². The van der Waals surface area contributed by atoms with Crippen molar-refractivity contribution in [2.24, 2.45) is 0 Å². The molecule has 0 unspecified atom stereocenters. The van der Waals surface area contributed by atoms with Crippen LogP contribution in [0.2, 0.25) is 0 Å². The zero-order valence-corrected chi connectivity index (χ0v) is 10.6. The van der Waals surface area contributed by atoms with E-state index >= 15 is 0 Å². The molecular weight excluding hydrogens is 253 g/mol. The molecule has 0 atom stereocenters. The molecule has 3 nitrogen and oxygen atoms in total. The van der Waals surface area contributed by atoms with E-state index in [0.717, 1.165) is 24.5 Å². The molecule has 1 aromatic heterocycles. The smallest absolute Gasteiger partial charge is 0.146 e. The summed E-state index contributed by atoms with van der Waals surface area (Å²) in [5.41, 5.74) is 1.44. The summed E-state index contributed by atoms with van der Waals surface area (Å²) < 4.78 is 16.1. The number of nitrogens with zero attached hydrogens (tertiary/aromatic N) is 3. The van der Waals surface area contributed by atoms with E-state index in [4.69, 9.17) is 11.6 Å². The highest BCUT2D eigenvalue weighted by molar-refractivity contribution is 6.17. The normalized spacial score (nSPS) is 14.7. The summed E-state index contributed by atoms with van der Waals surface area (Å²) in [6, 6.07) is 5.04. The average Bonchev–Trinajstić information content (AvgIpc) is 2.85. The lowest BCUT2D eigenvalue weighted by molar-refractivity contribution is 0.542. The van der Waals surface area contributed by atoms with Crippen molar-refractivity contribution in [3.05, 3.63) is 47.8 Å². The number of para-hydroxylation sites is 1. The van der Waals surface area contributed by atoms with Crippen LogP contribution >= 0.6 is 11.6 Å². The minimum atomic E-state index is -0.215. The van der Waals surface area contributed by atoms with Gasteiger partial charge < -0.3 is 9.47 Å². The molecule has 0 bridgehead atoms. The molecule has 1 aliphatic heterocycles. The van der Waals surface area contributed by atoms with Crippen LogP contribution in [0.25, 0.3) is 0 Å². The van der Waals surface area contributed by atoms with Gasteiger partial charge in [0.15, 0.2) is 0 Å². The monoisotopic (exact) mass is 265 g/mol. The van der Waals surface area contributed by atoms with Gasteiger partial charge in [-0.15, -0.1) is 11.6 Å². The van der Waals surface area contributed by atoms with Gasteiger partial charge >= 0.3 is 0 Å². The van der Waals surface area contributed by atoms with Gasteiger partial charge in [-0.3, -0.25) is 0 Å². The zero-order chi connectivity index (χ0) is 12.5. The van der Waals surface area contributed by atoms with E-state index in [0.29, 0.717) is 18.1 Å². The fourth-order valence-corrected chi connectivity index (χ4v) is 2.60. The Morgan fingerprint density at radius 3 is 3.06 bits per heavy atom. The maximum atomic E-state index is 14.0. The molecule has 0 spiro atoms. The quantitative estimate of drug-likeness (QED) is 0.779. The van der Waals surface area contributed by atoms with E-state index in [1.807, 2.05) is 17.2 Å². The van der Waals surface area contributed by atoms with Crippen LogP contribution in [0.4, 0.5) is 10.1 Å². The Balaban J connectivity index is 1.97. The van der Waals surface area contributed by atoms with Crippen LogP contribution in [-0.4, -0.2) is 16.1 Å². The van der Waals surface area contributed by atoms with Crippen LogP contribution in [0.3, 0.4) is 0 Å². The van der Waals surface area contributed by atoms with Gasteiger partial charge in [-0.1, -0.05) is 12.1 Å². The lowest BCUT2D eigenvalue weighted by Crippen LogP contribution is -2.34. The Morgan fingerprint density at radius 2 is 2.22 bits per heavy atom. The molecule has 5 heteroatoms. The van der Waals surface area contributed by atoms with Crippen molar-refractivity contribution >= 4 is 17.3 Å². The molecule has 2 aromatic rings. The van der Waals surface area contributed by atoms with Crippen molar-refractivity contribution in [2.75, 3.05) is 11.4 Å². The predicted molar refractivity (Wildman–Crippen MR) is 69.2 cm³/mol. The van der Waals surface area contributed by atoms with E-state index in [-0.39, 0.29) is 5.82 Å². The summed E-state index contributed by atoms with van der Waals surface area (Å²) in [4.78, 5) is 6.29. The van der Waals surface area contributed by atoms with Gasteiger partial charge in [-0.2, -0.15) is 0 Å². The minimum absolute atomic E-state index is 0.215. The van der Waals surface area contributed by atoms with Gasteiger partial charge in [-0.05, 0) is 11.6 Å². The number of fused-ring (bicyclic) bond motifs is 1. The first-order chi connectivity index (χ1) is 8.79. The minimum Gasteiger partial charge on any atom is -0.360 e. The van der Waals surface area contributed by atoms with E-state index in [9.17, 15) is 4.39 Å². The average molecular weight is 266 g/mol. The molecule has 0 aliphatic carbocycles.